The molecule has 1 aliphatic heterocycles. The van der Waals surface area contributed by atoms with Gasteiger partial charge in [0.05, 0.1) is 6.10 Å². The maximum Gasteiger partial charge on any atom is 0.328 e. The highest BCUT2D eigenvalue weighted by Crippen LogP contribution is 2.22. The molecule has 2 unspecified atom stereocenters. The van der Waals surface area contributed by atoms with Gasteiger partial charge in [-0.15, -0.1) is 0 Å². The van der Waals surface area contributed by atoms with Gasteiger partial charge in [0.1, 0.15) is 6.04 Å². The van der Waals surface area contributed by atoms with Gasteiger partial charge in [-0.3, -0.25) is 4.79 Å². The second-order valence-corrected chi connectivity index (χ2v) is 7.52. The van der Waals surface area contributed by atoms with Gasteiger partial charge >= 0.3 is 5.97 Å². The topological polar surface area (TPSA) is 67.4 Å². The van der Waals surface area contributed by atoms with Crippen LogP contribution in [0.1, 0.15) is 60.3 Å². The average Bonchev–Trinajstić information content (AvgIpc) is 2.46. The number of hydrogen-bond donors (Lipinski definition) is 2. The zero-order valence-corrected chi connectivity index (χ0v) is 15.4. The number of ether oxygens (including phenoxy) is 1. The van der Waals surface area contributed by atoms with E-state index < -0.39 is 6.04 Å². The van der Waals surface area contributed by atoms with Crippen molar-refractivity contribution in [2.24, 2.45) is 17.8 Å². The van der Waals surface area contributed by atoms with Crippen LogP contribution in [0.25, 0.3) is 0 Å². The Balaban J connectivity index is 2.52. The Morgan fingerprint density at radius 3 is 2.43 bits per heavy atom. The maximum absolute atomic E-state index is 12.3. The highest BCUT2D eigenvalue weighted by atomic mass is 16.5. The van der Waals surface area contributed by atoms with Crippen molar-refractivity contribution in [3.63, 3.8) is 0 Å². The van der Waals surface area contributed by atoms with Crippen LogP contribution in [0.3, 0.4) is 0 Å². The minimum Gasteiger partial charge on any atom is -0.461 e. The lowest BCUT2D eigenvalue weighted by Crippen LogP contribution is -2.44. The monoisotopic (exact) mass is 326 g/mol. The molecular weight excluding hydrogens is 292 g/mol. The van der Waals surface area contributed by atoms with E-state index in [9.17, 15) is 9.59 Å². The normalized spacial score (nSPS) is 21.1. The minimum absolute atomic E-state index is 0.0468. The second-order valence-electron chi connectivity index (χ2n) is 7.52. The van der Waals surface area contributed by atoms with Crippen molar-refractivity contribution >= 4 is 11.9 Å². The summed E-state index contributed by atoms with van der Waals surface area (Å²) < 4.78 is 5.27. The molecule has 1 fully saturated rings. The number of carbonyl (C=O) groups excluding carboxylic acids is 2. The molecule has 0 aromatic rings. The van der Waals surface area contributed by atoms with Crippen LogP contribution in [-0.4, -0.2) is 37.1 Å². The van der Waals surface area contributed by atoms with Gasteiger partial charge in [0.25, 0.3) is 0 Å². The van der Waals surface area contributed by atoms with E-state index >= 15 is 0 Å². The first-order chi connectivity index (χ1) is 10.8. The third-order valence-corrected chi connectivity index (χ3v) is 4.33. The number of carbonyl (C=O) groups is 2. The predicted molar refractivity (Wildman–Crippen MR) is 92.0 cm³/mol. The molecule has 0 bridgehead atoms. The van der Waals surface area contributed by atoms with Crippen LogP contribution in [0.5, 0.6) is 0 Å². The van der Waals surface area contributed by atoms with Crippen LogP contribution in [0.15, 0.2) is 0 Å². The molecule has 134 valence electrons. The van der Waals surface area contributed by atoms with Gasteiger partial charge in [0.2, 0.25) is 5.91 Å². The zero-order valence-electron chi connectivity index (χ0n) is 15.4. The van der Waals surface area contributed by atoms with Gasteiger partial charge < -0.3 is 15.4 Å². The van der Waals surface area contributed by atoms with E-state index in [-0.39, 0.29) is 18.0 Å². The van der Waals surface area contributed by atoms with Crippen LogP contribution in [-0.2, 0) is 14.3 Å². The highest BCUT2D eigenvalue weighted by molar-refractivity contribution is 5.84. The third kappa shape index (κ3) is 7.82. The molecule has 1 heterocycles. The van der Waals surface area contributed by atoms with E-state index in [0.717, 1.165) is 13.1 Å². The molecule has 0 saturated carbocycles. The number of piperidine rings is 1. The van der Waals surface area contributed by atoms with E-state index in [0.29, 0.717) is 30.6 Å². The molecule has 23 heavy (non-hydrogen) atoms. The van der Waals surface area contributed by atoms with E-state index in [1.54, 1.807) is 0 Å². The summed E-state index contributed by atoms with van der Waals surface area (Å²) >= 11 is 0. The smallest absolute Gasteiger partial charge is 0.328 e. The van der Waals surface area contributed by atoms with Crippen LogP contribution >= 0.6 is 0 Å². The largest absolute Gasteiger partial charge is 0.461 e. The van der Waals surface area contributed by atoms with Crippen molar-refractivity contribution in [2.75, 3.05) is 13.1 Å². The van der Waals surface area contributed by atoms with Gasteiger partial charge in [-0.25, -0.2) is 4.79 Å². The summed E-state index contributed by atoms with van der Waals surface area (Å²) in [5, 5.41) is 6.28. The maximum atomic E-state index is 12.3. The van der Waals surface area contributed by atoms with Gasteiger partial charge in [0, 0.05) is 6.42 Å². The number of hydrogen-bond acceptors (Lipinski definition) is 4. The predicted octanol–water partition coefficient (Wildman–Crippen LogP) is 2.49. The van der Waals surface area contributed by atoms with Gasteiger partial charge in [-0.1, -0.05) is 20.8 Å². The fourth-order valence-corrected chi connectivity index (χ4v) is 3.08. The second kappa shape index (κ2) is 9.91. The first-order valence-corrected chi connectivity index (χ1v) is 9.00. The Bertz CT molecular complexity index is 376. The Labute approximate surface area is 140 Å². The van der Waals surface area contributed by atoms with Gasteiger partial charge in [0.15, 0.2) is 0 Å². The Kier molecular flexibility index (Phi) is 8.59. The van der Waals surface area contributed by atoms with Gasteiger partial charge in [-0.05, 0) is 64.0 Å². The van der Waals surface area contributed by atoms with E-state index in [1.165, 1.54) is 12.8 Å². The van der Waals surface area contributed by atoms with Crippen LogP contribution in [0, 0.1) is 17.8 Å². The molecule has 3 atom stereocenters. The SMILES string of the molecule is CC(C)C[C@H](NC(=O)CC(C)C1CCCNC1)C(=O)OC(C)C. The zero-order chi connectivity index (χ0) is 17.4. The molecule has 1 saturated heterocycles. The summed E-state index contributed by atoms with van der Waals surface area (Å²) in [5.41, 5.74) is 0. The fourth-order valence-electron chi connectivity index (χ4n) is 3.08. The number of rotatable bonds is 8. The molecule has 2 N–H and O–H groups in total. The molecule has 0 spiro atoms. The Hall–Kier alpha value is -1.10. The molecule has 5 heteroatoms. The standard InChI is InChI=1S/C18H34N2O3/c1-12(2)9-16(18(22)23-13(3)4)20-17(21)10-14(5)15-7-6-8-19-11-15/h12-16,19H,6-11H2,1-5H3,(H,20,21)/t14?,15?,16-/m0/s1. The summed E-state index contributed by atoms with van der Waals surface area (Å²) in [5.74, 6) is 0.813. The van der Waals surface area contributed by atoms with E-state index in [2.05, 4.69) is 17.6 Å². The number of esters is 1. The van der Waals surface area contributed by atoms with Crippen LogP contribution in [0.2, 0.25) is 0 Å². The Morgan fingerprint density at radius 1 is 1.22 bits per heavy atom. The molecule has 1 amide bonds. The third-order valence-electron chi connectivity index (χ3n) is 4.33. The lowest BCUT2D eigenvalue weighted by molar-refractivity contribution is -0.152. The summed E-state index contributed by atoms with van der Waals surface area (Å²) in [7, 11) is 0. The number of amides is 1. The van der Waals surface area contributed by atoms with Crippen molar-refractivity contribution in [2.45, 2.75) is 72.4 Å². The first kappa shape index (κ1) is 19.9. The van der Waals surface area contributed by atoms with Crippen molar-refractivity contribution < 1.29 is 14.3 Å². The van der Waals surface area contributed by atoms with Crippen molar-refractivity contribution in [1.82, 2.24) is 10.6 Å². The van der Waals surface area contributed by atoms with Crippen LogP contribution < -0.4 is 10.6 Å². The van der Waals surface area contributed by atoms with E-state index in [4.69, 9.17) is 4.74 Å². The summed E-state index contributed by atoms with van der Waals surface area (Å²) in [4.78, 5) is 24.5. The van der Waals surface area contributed by atoms with E-state index in [1.807, 2.05) is 27.7 Å². The minimum atomic E-state index is -0.540. The fraction of sp³-hybridized carbons (Fsp3) is 0.889. The first-order valence-electron chi connectivity index (χ1n) is 9.00. The average molecular weight is 326 g/mol. The molecule has 0 aromatic carbocycles. The molecule has 1 rings (SSSR count). The molecule has 1 aliphatic rings. The summed E-state index contributed by atoms with van der Waals surface area (Å²) in [6.45, 7) is 11.9. The molecule has 0 aliphatic carbocycles. The Morgan fingerprint density at radius 2 is 1.91 bits per heavy atom. The lowest BCUT2D eigenvalue weighted by atomic mass is 9.85. The van der Waals surface area contributed by atoms with Crippen LogP contribution in [0.4, 0.5) is 0 Å². The summed E-state index contributed by atoms with van der Waals surface area (Å²) in [6, 6.07) is -0.540. The van der Waals surface area contributed by atoms with Crippen molar-refractivity contribution in [3.05, 3.63) is 0 Å². The molecule has 0 radical (unpaired) electrons. The molecule has 5 nitrogen and oxygen atoms in total. The number of nitrogens with one attached hydrogen (secondary N) is 2. The summed E-state index contributed by atoms with van der Waals surface area (Å²) in [6.07, 6.45) is 3.26. The molecular formula is C18H34N2O3. The van der Waals surface area contributed by atoms with Crippen molar-refractivity contribution in [1.29, 1.82) is 0 Å². The van der Waals surface area contributed by atoms with Gasteiger partial charge in [-0.2, -0.15) is 0 Å². The lowest BCUT2D eigenvalue weighted by Gasteiger charge is -2.28. The quantitative estimate of drug-likeness (QED) is 0.673. The molecule has 0 aromatic heterocycles. The highest BCUT2D eigenvalue weighted by Gasteiger charge is 2.27. The van der Waals surface area contributed by atoms with Crippen molar-refractivity contribution in [3.8, 4) is 0 Å².